The second-order valence-electron chi connectivity index (χ2n) is 6.38. The summed E-state index contributed by atoms with van der Waals surface area (Å²) >= 11 is 1.38. The zero-order valence-electron chi connectivity index (χ0n) is 15.2. The number of carbonyl (C=O) groups excluding carboxylic acids is 1. The van der Waals surface area contributed by atoms with E-state index in [-0.39, 0.29) is 16.8 Å². The van der Waals surface area contributed by atoms with Gasteiger partial charge in [-0.1, -0.05) is 24.3 Å². The average molecular weight is 374 g/mol. The van der Waals surface area contributed by atoms with Crippen LogP contribution in [0.5, 0.6) is 0 Å². The number of benzene rings is 2. The van der Waals surface area contributed by atoms with Gasteiger partial charge in [0.05, 0.1) is 24.3 Å². The lowest BCUT2D eigenvalue weighted by Gasteiger charge is -2.15. The number of carbonyl (C=O) groups is 1. The first-order valence-electron chi connectivity index (χ1n) is 8.41. The highest BCUT2D eigenvalue weighted by atomic mass is 32.2. The minimum atomic E-state index is -0.433. The second-order valence-corrected chi connectivity index (χ2v) is 7.80. The summed E-state index contributed by atoms with van der Waals surface area (Å²) in [6, 6.07) is 14.3. The van der Waals surface area contributed by atoms with Gasteiger partial charge < -0.3 is 10.2 Å². The molecule has 0 fully saturated rings. The molecule has 0 unspecified atom stereocenters. The van der Waals surface area contributed by atoms with E-state index in [1.807, 2.05) is 25.1 Å². The van der Waals surface area contributed by atoms with E-state index in [1.165, 1.54) is 34.4 Å². The van der Waals surface area contributed by atoms with E-state index < -0.39 is 4.92 Å². The van der Waals surface area contributed by atoms with Gasteiger partial charge in [0.1, 0.15) is 6.54 Å². The molecule has 0 aromatic heterocycles. The van der Waals surface area contributed by atoms with Gasteiger partial charge in [0.15, 0.2) is 0 Å². The van der Waals surface area contributed by atoms with Crippen molar-refractivity contribution in [2.24, 2.45) is 0 Å². The summed E-state index contributed by atoms with van der Waals surface area (Å²) in [6.45, 7) is 3.23. The maximum Gasteiger partial charge on any atom is 0.269 e. The molecular formula is C19H24N3O3S+. The molecule has 7 heteroatoms. The normalized spacial score (nSPS) is 12.0. The van der Waals surface area contributed by atoms with Crippen LogP contribution in [0, 0.1) is 10.1 Å². The molecule has 2 N–H and O–H groups in total. The molecule has 2 aromatic carbocycles. The fourth-order valence-electron chi connectivity index (χ4n) is 2.51. The van der Waals surface area contributed by atoms with Crippen molar-refractivity contribution in [2.75, 3.05) is 14.1 Å². The van der Waals surface area contributed by atoms with Crippen LogP contribution in [0.4, 0.5) is 5.69 Å². The van der Waals surface area contributed by atoms with Crippen LogP contribution in [-0.4, -0.2) is 30.2 Å². The highest BCUT2D eigenvalue weighted by Gasteiger charge is 2.15. The number of quaternary nitrogens is 1. The summed E-state index contributed by atoms with van der Waals surface area (Å²) in [5.41, 5.74) is 2.39. The third-order valence-corrected chi connectivity index (χ3v) is 4.96. The number of thioether (sulfide) groups is 1. The Hall–Kier alpha value is -2.38. The summed E-state index contributed by atoms with van der Waals surface area (Å²) in [5.74, 6) is -0.0552. The lowest BCUT2D eigenvalue weighted by molar-refractivity contribution is -0.872. The second kappa shape index (κ2) is 9.35. The molecule has 0 heterocycles. The molecule has 6 nitrogen and oxygen atoms in total. The van der Waals surface area contributed by atoms with Crippen molar-refractivity contribution in [3.63, 3.8) is 0 Å². The van der Waals surface area contributed by atoms with E-state index in [0.29, 0.717) is 6.54 Å². The standard InChI is InChI=1S/C19H23N3O3S/c1-14(26-18-10-8-17(9-11-18)22(24)25)19(23)20-12-15-6-4-5-7-16(15)13-21(2)3/h4-11,14H,12-13H2,1-3H3,(H,20,23)/p+1/t14-/m0/s1. The Morgan fingerprint density at radius 1 is 1.15 bits per heavy atom. The largest absolute Gasteiger partial charge is 0.351 e. The lowest BCUT2D eigenvalue weighted by Crippen LogP contribution is -3.04. The molecule has 0 spiro atoms. The van der Waals surface area contributed by atoms with Gasteiger partial charge in [-0.15, -0.1) is 11.8 Å². The SMILES string of the molecule is C[C@H](Sc1ccc([N+](=O)[O-])cc1)C(=O)NCc1ccccc1C[NH+](C)C. The fourth-order valence-corrected chi connectivity index (χ4v) is 3.41. The Kier molecular flexibility index (Phi) is 7.17. The number of amides is 1. The topological polar surface area (TPSA) is 76.7 Å². The van der Waals surface area contributed by atoms with Crippen molar-refractivity contribution in [3.05, 3.63) is 69.8 Å². The number of nitrogens with zero attached hydrogens (tertiary/aromatic N) is 1. The number of non-ortho nitro benzene ring substituents is 1. The van der Waals surface area contributed by atoms with E-state index in [1.54, 1.807) is 12.1 Å². The van der Waals surface area contributed by atoms with Crippen LogP contribution in [0.3, 0.4) is 0 Å². The molecule has 138 valence electrons. The molecule has 0 saturated heterocycles. The molecule has 0 bridgehead atoms. The van der Waals surface area contributed by atoms with Gasteiger partial charge in [-0.2, -0.15) is 0 Å². The number of nitro groups is 1. The number of hydrogen-bond acceptors (Lipinski definition) is 4. The maximum atomic E-state index is 12.4. The zero-order valence-corrected chi connectivity index (χ0v) is 16.0. The van der Waals surface area contributed by atoms with Gasteiger partial charge in [0, 0.05) is 29.1 Å². The maximum absolute atomic E-state index is 12.4. The molecule has 0 aliphatic rings. The van der Waals surface area contributed by atoms with Gasteiger partial charge in [-0.05, 0) is 24.6 Å². The number of nitrogens with one attached hydrogen (secondary N) is 2. The molecular weight excluding hydrogens is 350 g/mol. The number of hydrogen-bond donors (Lipinski definition) is 2. The van der Waals surface area contributed by atoms with Crippen molar-refractivity contribution in [1.82, 2.24) is 5.32 Å². The van der Waals surface area contributed by atoms with Crippen LogP contribution in [-0.2, 0) is 17.9 Å². The molecule has 1 amide bonds. The molecule has 26 heavy (non-hydrogen) atoms. The van der Waals surface area contributed by atoms with E-state index in [2.05, 4.69) is 25.5 Å². The zero-order chi connectivity index (χ0) is 19.1. The van der Waals surface area contributed by atoms with Crippen molar-refractivity contribution in [3.8, 4) is 0 Å². The van der Waals surface area contributed by atoms with E-state index in [9.17, 15) is 14.9 Å². The van der Waals surface area contributed by atoms with Crippen molar-refractivity contribution in [1.29, 1.82) is 0 Å². The highest BCUT2D eigenvalue weighted by Crippen LogP contribution is 2.25. The summed E-state index contributed by atoms with van der Waals surface area (Å²) in [6.07, 6.45) is 0. The summed E-state index contributed by atoms with van der Waals surface area (Å²) in [5, 5.41) is 13.4. The van der Waals surface area contributed by atoms with Gasteiger partial charge in [0.25, 0.3) is 5.69 Å². The van der Waals surface area contributed by atoms with Crippen LogP contribution in [0.2, 0.25) is 0 Å². The molecule has 2 rings (SSSR count). The first kappa shape index (κ1) is 19.9. The van der Waals surface area contributed by atoms with Crippen LogP contribution in [0.25, 0.3) is 0 Å². The Morgan fingerprint density at radius 3 is 2.35 bits per heavy atom. The molecule has 0 aliphatic carbocycles. The predicted octanol–water partition coefficient (Wildman–Crippen LogP) is 2.04. The first-order valence-corrected chi connectivity index (χ1v) is 9.29. The Labute approximate surface area is 157 Å². The highest BCUT2D eigenvalue weighted by molar-refractivity contribution is 8.00. The lowest BCUT2D eigenvalue weighted by atomic mass is 10.1. The van der Waals surface area contributed by atoms with Crippen molar-refractivity contribution < 1.29 is 14.6 Å². The monoisotopic (exact) mass is 374 g/mol. The van der Waals surface area contributed by atoms with Gasteiger partial charge in [0.2, 0.25) is 5.91 Å². The first-order chi connectivity index (χ1) is 12.4. The Balaban J connectivity index is 1.92. The van der Waals surface area contributed by atoms with Gasteiger partial charge in [-0.25, -0.2) is 0 Å². The van der Waals surface area contributed by atoms with Crippen molar-refractivity contribution in [2.45, 2.75) is 30.2 Å². The third kappa shape index (κ3) is 5.86. The molecule has 0 radical (unpaired) electrons. The molecule has 2 aromatic rings. The minimum absolute atomic E-state index is 0.0473. The fraction of sp³-hybridized carbons (Fsp3) is 0.316. The van der Waals surface area contributed by atoms with E-state index in [4.69, 9.17) is 0 Å². The summed E-state index contributed by atoms with van der Waals surface area (Å²) < 4.78 is 0. The summed E-state index contributed by atoms with van der Waals surface area (Å²) in [4.78, 5) is 24.8. The Morgan fingerprint density at radius 2 is 1.77 bits per heavy atom. The summed E-state index contributed by atoms with van der Waals surface area (Å²) in [7, 11) is 4.19. The van der Waals surface area contributed by atoms with Crippen LogP contribution >= 0.6 is 11.8 Å². The van der Waals surface area contributed by atoms with Crippen molar-refractivity contribution >= 4 is 23.4 Å². The van der Waals surface area contributed by atoms with Crippen LogP contribution in [0.1, 0.15) is 18.1 Å². The van der Waals surface area contributed by atoms with E-state index in [0.717, 1.165) is 17.0 Å². The van der Waals surface area contributed by atoms with Crippen LogP contribution in [0.15, 0.2) is 53.4 Å². The smallest absolute Gasteiger partial charge is 0.269 e. The molecule has 0 aliphatic heterocycles. The predicted molar refractivity (Wildman–Crippen MR) is 103 cm³/mol. The third-order valence-electron chi connectivity index (χ3n) is 3.85. The van der Waals surface area contributed by atoms with Gasteiger partial charge >= 0.3 is 0 Å². The van der Waals surface area contributed by atoms with E-state index >= 15 is 0 Å². The Bertz CT molecular complexity index is 763. The van der Waals surface area contributed by atoms with Crippen LogP contribution < -0.4 is 10.2 Å². The molecule has 1 atom stereocenters. The van der Waals surface area contributed by atoms with Gasteiger partial charge in [-0.3, -0.25) is 14.9 Å². The average Bonchev–Trinajstić information content (AvgIpc) is 2.60. The number of nitro benzene ring substituents is 1. The number of rotatable bonds is 8. The molecule has 0 saturated carbocycles. The minimum Gasteiger partial charge on any atom is -0.351 e. The quantitative estimate of drug-likeness (QED) is 0.421.